The molecule has 0 spiro atoms. The second-order valence-electron chi connectivity index (χ2n) is 9.29. The van der Waals surface area contributed by atoms with Crippen LogP contribution in [0.15, 0.2) is 96.6 Å². The molecule has 1 aliphatic heterocycles. The predicted octanol–water partition coefficient (Wildman–Crippen LogP) is 6.34. The Bertz CT molecular complexity index is 1580. The smallest absolute Gasteiger partial charge is 0.338 e. The van der Waals surface area contributed by atoms with Gasteiger partial charge in [0.2, 0.25) is 0 Å². The molecule has 190 valence electrons. The summed E-state index contributed by atoms with van der Waals surface area (Å²) in [7, 11) is 0. The molecule has 1 aliphatic rings. The van der Waals surface area contributed by atoms with Crippen LogP contribution in [0.3, 0.4) is 0 Å². The molecule has 0 saturated carbocycles. The van der Waals surface area contributed by atoms with E-state index in [0.29, 0.717) is 35.4 Å². The zero-order valence-electron chi connectivity index (χ0n) is 21.2. The molecule has 1 N–H and O–H groups in total. The molecule has 1 atom stereocenters. The molecule has 1 unspecified atom stereocenters. The van der Waals surface area contributed by atoms with Gasteiger partial charge in [-0.2, -0.15) is 0 Å². The van der Waals surface area contributed by atoms with Crippen molar-refractivity contribution in [2.75, 3.05) is 11.5 Å². The molecule has 5 rings (SSSR count). The first kappa shape index (κ1) is 25.0. The van der Waals surface area contributed by atoms with E-state index in [1.54, 1.807) is 30.3 Å². The minimum Gasteiger partial charge on any atom is -0.507 e. The Hall–Kier alpha value is -4.71. The largest absolute Gasteiger partial charge is 0.507 e. The van der Waals surface area contributed by atoms with Gasteiger partial charge in [-0.05, 0) is 53.9 Å². The average molecular weight is 506 g/mol. The number of aliphatic hydroxyl groups is 1. The van der Waals surface area contributed by atoms with Crippen LogP contribution >= 0.6 is 0 Å². The fourth-order valence-electron chi connectivity index (χ4n) is 4.87. The van der Waals surface area contributed by atoms with E-state index in [4.69, 9.17) is 4.74 Å². The maximum atomic E-state index is 13.5. The van der Waals surface area contributed by atoms with Crippen LogP contribution in [0.5, 0.6) is 0 Å². The Morgan fingerprint density at radius 3 is 2.37 bits per heavy atom. The maximum absolute atomic E-state index is 13.5. The summed E-state index contributed by atoms with van der Waals surface area (Å²) in [5, 5.41) is 13.3. The highest BCUT2D eigenvalue weighted by molar-refractivity contribution is 6.51. The number of aliphatic hydroxyl groups excluding tert-OH is 1. The lowest BCUT2D eigenvalue weighted by Crippen LogP contribution is -2.29. The quantitative estimate of drug-likeness (QED) is 0.143. The van der Waals surface area contributed by atoms with Crippen molar-refractivity contribution in [3.63, 3.8) is 0 Å². The molecule has 4 aromatic carbocycles. The summed E-state index contributed by atoms with van der Waals surface area (Å²) < 4.78 is 5.20. The summed E-state index contributed by atoms with van der Waals surface area (Å²) in [5.74, 6) is -2.20. The third-order valence-corrected chi connectivity index (χ3v) is 6.67. The van der Waals surface area contributed by atoms with Gasteiger partial charge >= 0.3 is 5.97 Å². The van der Waals surface area contributed by atoms with E-state index in [-0.39, 0.29) is 11.3 Å². The minimum atomic E-state index is -0.855. The van der Waals surface area contributed by atoms with Gasteiger partial charge in [-0.25, -0.2) is 4.79 Å². The second-order valence-corrected chi connectivity index (χ2v) is 9.29. The van der Waals surface area contributed by atoms with Gasteiger partial charge in [-0.1, -0.05) is 79.2 Å². The van der Waals surface area contributed by atoms with Crippen LogP contribution in [-0.4, -0.2) is 29.4 Å². The van der Waals surface area contributed by atoms with Crippen LogP contribution in [0, 0.1) is 6.92 Å². The van der Waals surface area contributed by atoms with Crippen molar-refractivity contribution in [1.82, 2.24) is 0 Å². The zero-order chi connectivity index (χ0) is 26.8. The number of ether oxygens (including phenoxy) is 1. The summed E-state index contributed by atoms with van der Waals surface area (Å²) in [6, 6.07) is 26.1. The van der Waals surface area contributed by atoms with Crippen LogP contribution in [0.2, 0.25) is 0 Å². The number of Topliss-reactive ketones (excluding diaryl/α,β-unsaturated/α-hetero) is 1. The second kappa shape index (κ2) is 10.3. The maximum Gasteiger partial charge on any atom is 0.338 e. The Morgan fingerprint density at radius 1 is 0.921 bits per heavy atom. The van der Waals surface area contributed by atoms with Crippen LogP contribution < -0.4 is 4.90 Å². The molecule has 0 bridgehead atoms. The van der Waals surface area contributed by atoms with Crippen LogP contribution in [0.25, 0.3) is 16.5 Å². The molecule has 1 saturated heterocycles. The summed E-state index contributed by atoms with van der Waals surface area (Å²) in [4.78, 5) is 40.7. The van der Waals surface area contributed by atoms with Gasteiger partial charge in [0.15, 0.2) is 0 Å². The van der Waals surface area contributed by atoms with E-state index in [0.717, 1.165) is 16.3 Å². The van der Waals surface area contributed by atoms with Crippen LogP contribution in [-0.2, 0) is 14.3 Å². The molecule has 4 aromatic rings. The molecular weight excluding hydrogens is 478 g/mol. The highest BCUT2D eigenvalue weighted by atomic mass is 16.5. The molecule has 1 fully saturated rings. The number of fused-ring (bicyclic) bond motifs is 1. The molecule has 0 radical (unpaired) electrons. The molecule has 0 aliphatic carbocycles. The molecule has 38 heavy (non-hydrogen) atoms. The number of amides is 1. The van der Waals surface area contributed by atoms with Crippen LogP contribution in [0.1, 0.15) is 46.4 Å². The predicted molar refractivity (Wildman–Crippen MR) is 147 cm³/mol. The number of anilines is 1. The number of nitrogens with zero attached hydrogens (tertiary/aromatic N) is 1. The normalized spacial score (nSPS) is 16.7. The van der Waals surface area contributed by atoms with Crippen molar-refractivity contribution in [3.05, 3.63) is 119 Å². The topological polar surface area (TPSA) is 83.9 Å². The number of hydrogen-bond acceptors (Lipinski definition) is 5. The number of rotatable bonds is 6. The van der Waals surface area contributed by atoms with E-state index in [2.05, 4.69) is 0 Å². The van der Waals surface area contributed by atoms with Crippen LogP contribution in [0.4, 0.5) is 5.69 Å². The Kier molecular flexibility index (Phi) is 6.79. The highest BCUT2D eigenvalue weighted by Crippen LogP contribution is 2.43. The van der Waals surface area contributed by atoms with Gasteiger partial charge in [0, 0.05) is 11.3 Å². The number of hydrogen-bond donors (Lipinski definition) is 1. The molecular formula is C32H27NO5. The zero-order valence-corrected chi connectivity index (χ0v) is 21.2. The first-order valence-corrected chi connectivity index (χ1v) is 12.5. The first-order valence-electron chi connectivity index (χ1n) is 12.5. The molecule has 0 aromatic heterocycles. The van der Waals surface area contributed by atoms with E-state index in [9.17, 15) is 19.5 Å². The van der Waals surface area contributed by atoms with Gasteiger partial charge in [0.25, 0.3) is 11.7 Å². The van der Waals surface area contributed by atoms with Crippen molar-refractivity contribution < 1.29 is 24.2 Å². The van der Waals surface area contributed by atoms with E-state index in [1.807, 2.05) is 74.5 Å². The summed E-state index contributed by atoms with van der Waals surface area (Å²) in [5.41, 5.74) is 2.92. The number of carbonyl (C=O) groups is 3. The van der Waals surface area contributed by atoms with E-state index in [1.165, 1.54) is 4.90 Å². The monoisotopic (exact) mass is 505 g/mol. The summed E-state index contributed by atoms with van der Waals surface area (Å²) in [6.07, 6.45) is 0.710. The summed E-state index contributed by atoms with van der Waals surface area (Å²) in [6.45, 7) is 4.16. The Balaban J connectivity index is 1.66. The Labute approximate surface area is 220 Å². The van der Waals surface area contributed by atoms with Crippen molar-refractivity contribution in [1.29, 1.82) is 0 Å². The van der Waals surface area contributed by atoms with Crippen molar-refractivity contribution in [2.45, 2.75) is 26.3 Å². The molecule has 1 amide bonds. The van der Waals surface area contributed by atoms with Gasteiger partial charge in [0.1, 0.15) is 5.76 Å². The SMILES string of the molecule is CCCOC(=O)c1ccc(N2C(=O)C(=O)/C(=C(\O)c3cccc4ccccc34)C2c2cccc(C)c2)cc1. The summed E-state index contributed by atoms with van der Waals surface area (Å²) >= 11 is 0. The van der Waals surface area contributed by atoms with Gasteiger partial charge in [-0.3, -0.25) is 14.5 Å². The van der Waals surface area contributed by atoms with Crippen molar-refractivity contribution in [3.8, 4) is 0 Å². The lowest BCUT2D eigenvalue weighted by molar-refractivity contribution is -0.132. The van der Waals surface area contributed by atoms with Crippen molar-refractivity contribution >= 4 is 39.9 Å². The molecule has 1 heterocycles. The fourth-order valence-corrected chi connectivity index (χ4v) is 4.87. The lowest BCUT2D eigenvalue weighted by atomic mass is 9.92. The number of carbonyl (C=O) groups excluding carboxylic acids is 3. The third-order valence-electron chi connectivity index (χ3n) is 6.67. The lowest BCUT2D eigenvalue weighted by Gasteiger charge is -2.26. The standard InChI is InChI=1S/C32H27NO5/c1-3-18-38-32(37)22-14-16-24(17-15-22)33-28(23-11-6-8-20(2)19-23)27(30(35)31(33)36)29(34)26-13-7-10-21-9-4-5-12-25(21)26/h4-17,19,28,34H,3,18H2,1-2H3/b29-27-. The Morgan fingerprint density at radius 2 is 1.63 bits per heavy atom. The van der Waals surface area contributed by atoms with Gasteiger partial charge < -0.3 is 9.84 Å². The average Bonchev–Trinajstić information content (AvgIpc) is 3.21. The minimum absolute atomic E-state index is 0.0170. The van der Waals surface area contributed by atoms with Crippen molar-refractivity contribution in [2.24, 2.45) is 0 Å². The number of aryl methyl sites for hydroxylation is 1. The fraction of sp³-hybridized carbons (Fsp3) is 0.156. The molecule has 6 nitrogen and oxygen atoms in total. The van der Waals surface area contributed by atoms with Gasteiger partial charge in [-0.15, -0.1) is 0 Å². The van der Waals surface area contributed by atoms with Gasteiger partial charge in [0.05, 0.1) is 23.8 Å². The van der Waals surface area contributed by atoms with E-state index >= 15 is 0 Å². The number of esters is 1. The molecule has 6 heteroatoms. The number of ketones is 1. The van der Waals surface area contributed by atoms with E-state index < -0.39 is 23.7 Å². The number of benzene rings is 4. The third kappa shape index (κ3) is 4.45. The first-order chi connectivity index (χ1) is 18.4. The highest BCUT2D eigenvalue weighted by Gasteiger charge is 2.47.